The van der Waals surface area contributed by atoms with E-state index in [9.17, 15) is 9.90 Å². The number of nitrogens with one attached hydrogen (secondary N) is 1. The van der Waals surface area contributed by atoms with E-state index in [1.807, 2.05) is 24.3 Å². The highest BCUT2D eigenvalue weighted by molar-refractivity contribution is 5.94. The van der Waals surface area contributed by atoms with Crippen LogP contribution in [0.2, 0.25) is 0 Å². The highest BCUT2D eigenvalue weighted by Gasteiger charge is 2.19. The lowest BCUT2D eigenvalue weighted by atomic mass is 9.93. The molecule has 0 radical (unpaired) electrons. The number of hydrogen-bond acceptors (Lipinski definition) is 5. The summed E-state index contributed by atoms with van der Waals surface area (Å²) in [5.41, 5.74) is 2.33. The molecule has 0 saturated heterocycles. The number of anilines is 1. The van der Waals surface area contributed by atoms with E-state index < -0.39 is 0 Å². The molecule has 1 saturated carbocycles. The number of fused-ring (bicyclic) bond motifs is 1. The maximum atomic E-state index is 11.8. The summed E-state index contributed by atoms with van der Waals surface area (Å²) in [4.78, 5) is 16.1. The maximum Gasteiger partial charge on any atom is 0.339 e. The smallest absolute Gasteiger partial charge is 0.339 e. The van der Waals surface area contributed by atoms with Gasteiger partial charge >= 0.3 is 5.97 Å². The van der Waals surface area contributed by atoms with Gasteiger partial charge in [-0.3, -0.25) is 4.98 Å². The lowest BCUT2D eigenvalue weighted by Crippen LogP contribution is -2.28. The number of pyridine rings is 1. The number of carbonyl (C=O) groups excluding carboxylic acids is 1. The largest absolute Gasteiger partial charge is 0.462 e. The molecule has 1 fully saturated rings. The van der Waals surface area contributed by atoms with Crippen molar-refractivity contribution in [3.05, 3.63) is 36.0 Å². The Morgan fingerprint density at radius 2 is 2.09 bits per heavy atom. The average molecular weight is 314 g/mol. The van der Waals surface area contributed by atoms with Crippen LogP contribution in [0, 0.1) is 0 Å². The first-order chi connectivity index (χ1) is 11.2. The second-order valence-electron chi connectivity index (χ2n) is 6.00. The second-order valence-corrected chi connectivity index (χ2v) is 6.00. The summed E-state index contributed by atoms with van der Waals surface area (Å²) >= 11 is 0. The molecule has 2 N–H and O–H groups in total. The van der Waals surface area contributed by atoms with Crippen LogP contribution in [0.15, 0.2) is 30.5 Å². The number of hydrogen-bond donors (Lipinski definition) is 2. The van der Waals surface area contributed by atoms with Gasteiger partial charge in [0.25, 0.3) is 0 Å². The molecule has 5 heteroatoms. The van der Waals surface area contributed by atoms with E-state index in [1.165, 1.54) is 0 Å². The first-order valence-corrected chi connectivity index (χ1v) is 8.17. The van der Waals surface area contributed by atoms with Gasteiger partial charge in [0.1, 0.15) is 0 Å². The molecule has 0 amide bonds. The van der Waals surface area contributed by atoms with Gasteiger partial charge in [0, 0.05) is 23.3 Å². The lowest BCUT2D eigenvalue weighted by Gasteiger charge is -2.27. The van der Waals surface area contributed by atoms with Crippen LogP contribution < -0.4 is 5.32 Å². The number of aromatic nitrogens is 1. The molecule has 1 aromatic heterocycles. The molecule has 23 heavy (non-hydrogen) atoms. The molecule has 0 aliphatic heterocycles. The van der Waals surface area contributed by atoms with Gasteiger partial charge in [-0.15, -0.1) is 0 Å². The summed E-state index contributed by atoms with van der Waals surface area (Å²) in [6, 6.07) is 8.16. The Kier molecular flexibility index (Phi) is 4.76. The molecule has 0 atom stereocenters. The number of benzene rings is 1. The van der Waals surface area contributed by atoms with Crippen LogP contribution in [-0.2, 0) is 4.74 Å². The fourth-order valence-electron chi connectivity index (χ4n) is 3.00. The Bertz CT molecular complexity index is 694. The van der Waals surface area contributed by atoms with Gasteiger partial charge in [0.05, 0.1) is 23.8 Å². The lowest BCUT2D eigenvalue weighted by molar-refractivity contribution is 0.0526. The minimum absolute atomic E-state index is 0.152. The summed E-state index contributed by atoms with van der Waals surface area (Å²) in [6.07, 6.45) is 5.04. The van der Waals surface area contributed by atoms with Crippen LogP contribution in [-0.4, -0.2) is 34.8 Å². The average Bonchev–Trinajstić information content (AvgIpc) is 2.56. The van der Waals surface area contributed by atoms with Gasteiger partial charge in [0.15, 0.2) is 0 Å². The molecule has 3 rings (SSSR count). The number of nitrogens with zero attached hydrogens (tertiary/aromatic N) is 1. The van der Waals surface area contributed by atoms with Crippen molar-refractivity contribution in [2.45, 2.75) is 44.8 Å². The Morgan fingerprint density at radius 3 is 2.83 bits per heavy atom. The molecule has 2 aromatic rings. The number of esters is 1. The first kappa shape index (κ1) is 15.7. The molecule has 0 unspecified atom stereocenters. The molecule has 1 aliphatic carbocycles. The van der Waals surface area contributed by atoms with E-state index in [0.717, 1.165) is 42.3 Å². The zero-order valence-corrected chi connectivity index (χ0v) is 13.3. The van der Waals surface area contributed by atoms with Gasteiger partial charge in [-0.2, -0.15) is 0 Å². The van der Waals surface area contributed by atoms with Crippen LogP contribution in [0.5, 0.6) is 0 Å². The third kappa shape index (κ3) is 3.79. The predicted octanol–water partition coefficient (Wildman–Crippen LogP) is 3.13. The van der Waals surface area contributed by atoms with Crippen LogP contribution >= 0.6 is 0 Å². The number of aliphatic hydroxyl groups is 1. The normalized spacial score (nSPS) is 21.1. The van der Waals surface area contributed by atoms with E-state index in [2.05, 4.69) is 10.3 Å². The van der Waals surface area contributed by atoms with Crippen molar-refractivity contribution in [3.8, 4) is 0 Å². The zero-order valence-electron chi connectivity index (χ0n) is 13.3. The maximum absolute atomic E-state index is 11.8. The standard InChI is InChI=1S/C18H22N2O3/c1-2-23-18(22)13-9-12-10-15(5-8-17(12)19-11-13)20-14-3-6-16(21)7-4-14/h5,8-11,14,16,20-21H,2-4,6-7H2,1H3/t14-,16-. The van der Waals surface area contributed by atoms with Crippen molar-refractivity contribution < 1.29 is 14.6 Å². The Labute approximate surface area is 135 Å². The van der Waals surface area contributed by atoms with E-state index in [-0.39, 0.29) is 12.1 Å². The topological polar surface area (TPSA) is 71.5 Å². The monoisotopic (exact) mass is 314 g/mol. The Balaban J connectivity index is 1.78. The van der Waals surface area contributed by atoms with Gasteiger partial charge < -0.3 is 15.2 Å². The highest BCUT2D eigenvalue weighted by atomic mass is 16.5. The minimum Gasteiger partial charge on any atom is -0.462 e. The van der Waals surface area contributed by atoms with E-state index in [4.69, 9.17) is 4.74 Å². The third-order valence-corrected chi connectivity index (χ3v) is 4.26. The molecule has 5 nitrogen and oxygen atoms in total. The fourth-order valence-corrected chi connectivity index (χ4v) is 3.00. The van der Waals surface area contributed by atoms with E-state index >= 15 is 0 Å². The molecule has 0 spiro atoms. The predicted molar refractivity (Wildman–Crippen MR) is 89.6 cm³/mol. The number of ether oxygens (including phenoxy) is 1. The molecular weight excluding hydrogens is 292 g/mol. The van der Waals surface area contributed by atoms with E-state index in [0.29, 0.717) is 18.2 Å². The van der Waals surface area contributed by atoms with Gasteiger partial charge in [0.2, 0.25) is 0 Å². The number of aliphatic hydroxyl groups excluding tert-OH is 1. The fraction of sp³-hybridized carbons (Fsp3) is 0.444. The van der Waals surface area contributed by atoms with Crippen molar-refractivity contribution in [2.75, 3.05) is 11.9 Å². The van der Waals surface area contributed by atoms with Crippen molar-refractivity contribution in [1.29, 1.82) is 0 Å². The Morgan fingerprint density at radius 1 is 1.30 bits per heavy atom. The summed E-state index contributed by atoms with van der Waals surface area (Å²) in [5, 5.41) is 14.0. The molecule has 1 heterocycles. The minimum atomic E-state index is -0.346. The van der Waals surface area contributed by atoms with Crippen molar-refractivity contribution in [1.82, 2.24) is 4.98 Å². The second kappa shape index (κ2) is 6.96. The van der Waals surface area contributed by atoms with Gasteiger partial charge in [-0.05, 0) is 56.9 Å². The first-order valence-electron chi connectivity index (χ1n) is 8.17. The van der Waals surface area contributed by atoms with Crippen molar-refractivity contribution >= 4 is 22.6 Å². The third-order valence-electron chi connectivity index (χ3n) is 4.26. The SMILES string of the molecule is CCOC(=O)c1cnc2ccc(N[C@H]3CC[C@H](O)CC3)cc2c1. The number of rotatable bonds is 4. The van der Waals surface area contributed by atoms with Crippen LogP contribution in [0.25, 0.3) is 10.9 Å². The van der Waals surface area contributed by atoms with Crippen LogP contribution in [0.4, 0.5) is 5.69 Å². The van der Waals surface area contributed by atoms with Crippen molar-refractivity contribution in [2.24, 2.45) is 0 Å². The van der Waals surface area contributed by atoms with Crippen LogP contribution in [0.3, 0.4) is 0 Å². The highest BCUT2D eigenvalue weighted by Crippen LogP contribution is 2.24. The molecular formula is C18H22N2O3. The van der Waals surface area contributed by atoms with Crippen LogP contribution in [0.1, 0.15) is 43.0 Å². The summed E-state index contributed by atoms with van der Waals surface area (Å²) in [7, 11) is 0. The zero-order chi connectivity index (χ0) is 16.2. The Hall–Kier alpha value is -2.14. The molecule has 122 valence electrons. The van der Waals surface area contributed by atoms with E-state index in [1.54, 1.807) is 13.1 Å². The summed E-state index contributed by atoms with van der Waals surface area (Å²) in [6.45, 7) is 2.14. The van der Waals surface area contributed by atoms with Gasteiger partial charge in [-0.25, -0.2) is 4.79 Å². The molecule has 0 bridgehead atoms. The molecule has 1 aromatic carbocycles. The summed E-state index contributed by atoms with van der Waals surface area (Å²) < 4.78 is 5.02. The number of carbonyl (C=O) groups is 1. The van der Waals surface area contributed by atoms with Crippen molar-refractivity contribution in [3.63, 3.8) is 0 Å². The van der Waals surface area contributed by atoms with Gasteiger partial charge in [-0.1, -0.05) is 0 Å². The quantitative estimate of drug-likeness (QED) is 0.848. The summed E-state index contributed by atoms with van der Waals surface area (Å²) in [5.74, 6) is -0.346. The molecule has 1 aliphatic rings.